The topological polar surface area (TPSA) is 29.1 Å². The zero-order chi connectivity index (χ0) is 14.8. The number of hydrogen-bond donors (Lipinski definition) is 1. The maximum atomic E-state index is 12.2. The number of nitrogens with one attached hydrogen (secondary N) is 1. The third-order valence-electron chi connectivity index (χ3n) is 3.60. The highest BCUT2D eigenvalue weighted by atomic mass is 35.5. The number of hydrogen-bond acceptors (Lipinski definition) is 1. The molecule has 0 bridgehead atoms. The lowest BCUT2D eigenvalue weighted by Gasteiger charge is -2.03. The molecule has 1 amide bonds. The molecule has 3 rings (SSSR count). The Labute approximate surface area is 129 Å². The van der Waals surface area contributed by atoms with Crippen LogP contribution in [0, 0.1) is 6.92 Å². The van der Waals surface area contributed by atoms with E-state index in [4.69, 9.17) is 11.6 Å². The van der Waals surface area contributed by atoms with Crippen LogP contribution < -0.4 is 5.32 Å². The van der Waals surface area contributed by atoms with Gasteiger partial charge in [-0.3, -0.25) is 4.79 Å². The van der Waals surface area contributed by atoms with Crippen LogP contribution in [0.1, 0.15) is 22.3 Å². The Morgan fingerprint density at radius 1 is 1.19 bits per heavy atom. The minimum Gasteiger partial charge on any atom is -0.321 e. The van der Waals surface area contributed by atoms with Crippen molar-refractivity contribution in [1.82, 2.24) is 0 Å². The van der Waals surface area contributed by atoms with Gasteiger partial charge in [0.05, 0.1) is 0 Å². The van der Waals surface area contributed by atoms with Gasteiger partial charge in [0.2, 0.25) is 0 Å². The zero-order valence-electron chi connectivity index (χ0n) is 11.8. The van der Waals surface area contributed by atoms with Gasteiger partial charge in [-0.2, -0.15) is 0 Å². The number of fused-ring (bicyclic) bond motifs is 1. The third kappa shape index (κ3) is 2.86. The minimum atomic E-state index is -0.0467. The largest absolute Gasteiger partial charge is 0.321 e. The lowest BCUT2D eigenvalue weighted by molar-refractivity contribution is -0.110. The van der Waals surface area contributed by atoms with Crippen molar-refractivity contribution < 1.29 is 4.79 Å². The van der Waals surface area contributed by atoms with Crippen molar-refractivity contribution in [2.24, 2.45) is 0 Å². The molecule has 0 saturated carbocycles. The number of benzene rings is 2. The molecule has 106 valence electrons. The molecule has 1 aliphatic rings. The van der Waals surface area contributed by atoms with Crippen LogP contribution >= 0.6 is 11.6 Å². The highest BCUT2D eigenvalue weighted by Crippen LogP contribution is 2.34. The van der Waals surface area contributed by atoms with Crippen molar-refractivity contribution in [2.75, 3.05) is 11.2 Å². The molecule has 0 radical (unpaired) electrons. The van der Waals surface area contributed by atoms with E-state index in [1.807, 2.05) is 43.3 Å². The number of halogens is 1. The zero-order valence-corrected chi connectivity index (χ0v) is 12.6. The summed E-state index contributed by atoms with van der Waals surface area (Å²) >= 11 is 5.80. The highest BCUT2D eigenvalue weighted by Gasteiger charge is 2.24. The Morgan fingerprint density at radius 2 is 2.05 bits per heavy atom. The summed E-state index contributed by atoms with van der Waals surface area (Å²) in [6.45, 7) is 2.04. The quantitative estimate of drug-likeness (QED) is 0.665. The molecule has 1 aliphatic heterocycles. The molecule has 2 aromatic rings. The molecule has 3 heteroatoms. The van der Waals surface area contributed by atoms with E-state index in [0.717, 1.165) is 28.8 Å². The van der Waals surface area contributed by atoms with Crippen LogP contribution in [-0.2, 0) is 11.2 Å². The van der Waals surface area contributed by atoms with Crippen LogP contribution in [0.3, 0.4) is 0 Å². The fourth-order valence-corrected chi connectivity index (χ4v) is 2.79. The van der Waals surface area contributed by atoms with Gasteiger partial charge in [0, 0.05) is 22.7 Å². The Morgan fingerprint density at radius 3 is 2.81 bits per heavy atom. The molecule has 0 atom stereocenters. The van der Waals surface area contributed by atoms with Crippen LogP contribution in [0.4, 0.5) is 5.69 Å². The summed E-state index contributed by atoms with van der Waals surface area (Å²) in [7, 11) is 0. The second kappa shape index (κ2) is 5.74. The summed E-state index contributed by atoms with van der Waals surface area (Å²) in [5.41, 5.74) is 5.92. The standard InChI is InChI=1S/C18H16ClNO/c1-12-3-2-4-14(9-12)11-16-15-10-13(7-8-19)5-6-17(15)20-18(16)21/h2-6,9-11H,7-8H2,1H3,(H,20,21). The summed E-state index contributed by atoms with van der Waals surface area (Å²) in [4.78, 5) is 12.2. The van der Waals surface area contributed by atoms with Gasteiger partial charge in [0.15, 0.2) is 0 Å². The Hall–Kier alpha value is -2.06. The van der Waals surface area contributed by atoms with Crippen molar-refractivity contribution in [1.29, 1.82) is 0 Å². The van der Waals surface area contributed by atoms with E-state index in [1.165, 1.54) is 5.56 Å². The van der Waals surface area contributed by atoms with Gasteiger partial charge >= 0.3 is 0 Å². The second-order valence-corrected chi connectivity index (χ2v) is 5.62. The number of carbonyl (C=O) groups excluding carboxylic acids is 1. The number of carbonyl (C=O) groups is 1. The Kier molecular flexibility index (Phi) is 3.80. The molecule has 0 fully saturated rings. The van der Waals surface area contributed by atoms with Crippen LogP contribution in [0.2, 0.25) is 0 Å². The molecule has 0 unspecified atom stereocenters. The number of amides is 1. The van der Waals surface area contributed by atoms with E-state index in [2.05, 4.69) is 17.4 Å². The molecule has 0 saturated heterocycles. The predicted molar refractivity (Wildman–Crippen MR) is 88.5 cm³/mol. The van der Waals surface area contributed by atoms with Crippen molar-refractivity contribution in [2.45, 2.75) is 13.3 Å². The van der Waals surface area contributed by atoms with Gasteiger partial charge in [-0.25, -0.2) is 0 Å². The number of rotatable bonds is 3. The van der Waals surface area contributed by atoms with E-state index in [1.54, 1.807) is 0 Å². The molecule has 1 heterocycles. The summed E-state index contributed by atoms with van der Waals surface area (Å²) in [6, 6.07) is 14.1. The molecule has 0 aromatic heterocycles. The van der Waals surface area contributed by atoms with Crippen LogP contribution in [0.15, 0.2) is 42.5 Å². The predicted octanol–water partition coefficient (Wildman–Crippen LogP) is 4.27. The highest BCUT2D eigenvalue weighted by molar-refractivity contribution is 6.35. The lowest BCUT2D eigenvalue weighted by atomic mass is 10.0. The fourth-order valence-electron chi connectivity index (χ4n) is 2.57. The fraction of sp³-hybridized carbons (Fsp3) is 0.167. The number of aryl methyl sites for hydroxylation is 2. The SMILES string of the molecule is Cc1cccc(C=C2C(=O)Nc3ccc(CCCl)cc32)c1. The van der Waals surface area contributed by atoms with Crippen LogP contribution in [0.25, 0.3) is 11.6 Å². The van der Waals surface area contributed by atoms with E-state index < -0.39 is 0 Å². The summed E-state index contributed by atoms with van der Waals surface area (Å²) in [5.74, 6) is 0.534. The Balaban J connectivity index is 2.05. The summed E-state index contributed by atoms with van der Waals surface area (Å²) in [5, 5.41) is 2.91. The van der Waals surface area contributed by atoms with Crippen molar-refractivity contribution in [3.63, 3.8) is 0 Å². The second-order valence-electron chi connectivity index (χ2n) is 5.25. The molecular weight excluding hydrogens is 282 g/mol. The molecular formula is C18H16ClNO. The maximum Gasteiger partial charge on any atom is 0.256 e. The Bertz CT molecular complexity index is 734. The molecule has 2 aromatic carbocycles. The maximum absolute atomic E-state index is 12.2. The van der Waals surface area contributed by atoms with E-state index in [9.17, 15) is 4.79 Å². The molecule has 1 N–H and O–H groups in total. The van der Waals surface area contributed by atoms with Crippen molar-refractivity contribution >= 4 is 34.8 Å². The van der Waals surface area contributed by atoms with Crippen LogP contribution in [-0.4, -0.2) is 11.8 Å². The smallest absolute Gasteiger partial charge is 0.256 e. The van der Waals surface area contributed by atoms with Crippen LogP contribution in [0.5, 0.6) is 0 Å². The molecule has 0 aliphatic carbocycles. The average Bonchev–Trinajstić information content (AvgIpc) is 2.76. The number of alkyl halides is 1. The molecule has 0 spiro atoms. The van der Waals surface area contributed by atoms with E-state index >= 15 is 0 Å². The van der Waals surface area contributed by atoms with Crippen molar-refractivity contribution in [3.05, 3.63) is 64.7 Å². The monoisotopic (exact) mass is 297 g/mol. The molecule has 21 heavy (non-hydrogen) atoms. The van der Waals surface area contributed by atoms with Gasteiger partial charge in [0.1, 0.15) is 0 Å². The first-order valence-electron chi connectivity index (χ1n) is 6.96. The van der Waals surface area contributed by atoms with Gasteiger partial charge in [-0.15, -0.1) is 11.6 Å². The third-order valence-corrected chi connectivity index (χ3v) is 3.79. The van der Waals surface area contributed by atoms with Gasteiger partial charge in [-0.1, -0.05) is 35.9 Å². The number of anilines is 1. The average molecular weight is 298 g/mol. The van der Waals surface area contributed by atoms with Gasteiger partial charge in [0.25, 0.3) is 5.91 Å². The summed E-state index contributed by atoms with van der Waals surface area (Å²) < 4.78 is 0. The normalized spacial score (nSPS) is 15.1. The van der Waals surface area contributed by atoms with E-state index in [-0.39, 0.29) is 5.91 Å². The van der Waals surface area contributed by atoms with Gasteiger partial charge in [-0.05, 0) is 42.7 Å². The van der Waals surface area contributed by atoms with Gasteiger partial charge < -0.3 is 5.32 Å². The lowest BCUT2D eigenvalue weighted by Crippen LogP contribution is -2.03. The van der Waals surface area contributed by atoms with E-state index in [0.29, 0.717) is 11.5 Å². The van der Waals surface area contributed by atoms with Crippen molar-refractivity contribution in [3.8, 4) is 0 Å². The molecule has 2 nitrogen and oxygen atoms in total. The summed E-state index contributed by atoms with van der Waals surface area (Å²) in [6.07, 6.45) is 2.75. The minimum absolute atomic E-state index is 0.0467. The first-order chi connectivity index (χ1) is 10.2. The first kappa shape index (κ1) is 13.9. The first-order valence-corrected chi connectivity index (χ1v) is 7.50.